The number of aryl methyl sites for hydroxylation is 2. The van der Waals surface area contributed by atoms with Gasteiger partial charge < -0.3 is 15.2 Å². The molecule has 0 heterocycles. The summed E-state index contributed by atoms with van der Waals surface area (Å²) in [6.45, 7) is 4.18. The third kappa shape index (κ3) is 6.39. The fourth-order valence-corrected chi connectivity index (χ4v) is 2.45. The molecule has 0 saturated heterocycles. The molecule has 1 amide bonds. The molecule has 1 aromatic rings. The average molecular weight is 325 g/mol. The second-order valence-corrected chi connectivity index (χ2v) is 6.09. The van der Waals surface area contributed by atoms with Crippen molar-refractivity contribution in [1.82, 2.24) is 5.32 Å². The summed E-state index contributed by atoms with van der Waals surface area (Å²) < 4.78 is 5.57. The summed E-state index contributed by atoms with van der Waals surface area (Å²) in [6.07, 6.45) is 2.45. The predicted molar refractivity (Wildman–Crippen MR) is 88.6 cm³/mol. The number of hydrogen-bond acceptors (Lipinski definition) is 4. The number of carbonyl (C=O) groups is 2. The molecule has 1 rings (SSSR count). The number of nitrogens with one attached hydrogen (secondary N) is 1. The van der Waals surface area contributed by atoms with Gasteiger partial charge in [0.05, 0.1) is 13.0 Å². The van der Waals surface area contributed by atoms with Gasteiger partial charge in [0, 0.05) is 0 Å². The van der Waals surface area contributed by atoms with Crippen molar-refractivity contribution in [3.63, 3.8) is 0 Å². The van der Waals surface area contributed by atoms with E-state index in [9.17, 15) is 9.59 Å². The van der Waals surface area contributed by atoms with E-state index in [1.165, 1.54) is 0 Å². The Balaban J connectivity index is 2.40. The lowest BCUT2D eigenvalue weighted by Gasteiger charge is -2.14. The Kier molecular flexibility index (Phi) is 7.80. The lowest BCUT2D eigenvalue weighted by atomic mass is 10.1. The summed E-state index contributed by atoms with van der Waals surface area (Å²) in [6, 6.07) is 5.01. The Morgan fingerprint density at radius 3 is 2.68 bits per heavy atom. The normalized spacial score (nSPS) is 11.8. The minimum absolute atomic E-state index is 0.135. The molecule has 0 bridgehead atoms. The minimum Gasteiger partial charge on any atom is -0.493 e. The first-order chi connectivity index (χ1) is 10.4. The van der Waals surface area contributed by atoms with Crippen LogP contribution >= 0.6 is 11.8 Å². The molecule has 1 unspecified atom stereocenters. The second kappa shape index (κ2) is 9.35. The van der Waals surface area contributed by atoms with E-state index < -0.39 is 12.0 Å². The van der Waals surface area contributed by atoms with Gasteiger partial charge in [0.25, 0.3) is 0 Å². The largest absolute Gasteiger partial charge is 0.493 e. The number of thioether (sulfide) groups is 1. The van der Waals surface area contributed by atoms with Gasteiger partial charge >= 0.3 is 5.97 Å². The van der Waals surface area contributed by atoms with Crippen LogP contribution in [-0.4, -0.2) is 41.6 Å². The first-order valence-electron chi connectivity index (χ1n) is 7.15. The van der Waals surface area contributed by atoms with Crippen LogP contribution in [-0.2, 0) is 9.59 Å². The zero-order valence-corrected chi connectivity index (χ0v) is 14.0. The van der Waals surface area contributed by atoms with Crippen molar-refractivity contribution in [2.75, 3.05) is 18.6 Å². The van der Waals surface area contributed by atoms with Crippen LogP contribution in [0.5, 0.6) is 5.75 Å². The maximum atomic E-state index is 11.8. The molecule has 5 nitrogen and oxygen atoms in total. The molecule has 6 heteroatoms. The van der Waals surface area contributed by atoms with Crippen molar-refractivity contribution in [2.45, 2.75) is 32.7 Å². The van der Waals surface area contributed by atoms with Crippen molar-refractivity contribution in [1.29, 1.82) is 0 Å². The van der Waals surface area contributed by atoms with E-state index in [1.807, 2.05) is 38.3 Å². The lowest BCUT2D eigenvalue weighted by molar-refractivity contribution is -0.141. The molecule has 22 heavy (non-hydrogen) atoms. The molecule has 0 fully saturated rings. The monoisotopic (exact) mass is 325 g/mol. The number of benzene rings is 1. The highest BCUT2D eigenvalue weighted by atomic mass is 32.2. The zero-order chi connectivity index (χ0) is 16.5. The van der Waals surface area contributed by atoms with E-state index in [4.69, 9.17) is 9.84 Å². The number of rotatable bonds is 9. The SMILES string of the molecule is CSCCC(NC(=O)CCOc1ccc(C)cc1C)C(=O)O. The van der Waals surface area contributed by atoms with E-state index in [0.29, 0.717) is 12.2 Å². The number of aliphatic carboxylic acids is 1. The number of carboxylic acids is 1. The minimum atomic E-state index is -1.00. The zero-order valence-electron chi connectivity index (χ0n) is 13.2. The summed E-state index contributed by atoms with van der Waals surface area (Å²) >= 11 is 1.55. The molecule has 2 N–H and O–H groups in total. The standard InChI is InChI=1S/C16H23NO4S/c1-11-4-5-14(12(2)10-11)21-8-6-15(18)17-13(16(19)20)7-9-22-3/h4-5,10,13H,6-9H2,1-3H3,(H,17,18)(H,19,20). The van der Waals surface area contributed by atoms with Crippen molar-refractivity contribution >= 4 is 23.6 Å². The van der Waals surface area contributed by atoms with Gasteiger partial charge in [-0.05, 0) is 43.9 Å². The highest BCUT2D eigenvalue weighted by molar-refractivity contribution is 7.98. The molecular formula is C16H23NO4S. The molecule has 0 radical (unpaired) electrons. The molecule has 1 atom stereocenters. The number of ether oxygens (including phenoxy) is 1. The highest BCUT2D eigenvalue weighted by Crippen LogP contribution is 2.18. The van der Waals surface area contributed by atoms with E-state index in [0.717, 1.165) is 16.9 Å². The fraction of sp³-hybridized carbons (Fsp3) is 0.500. The molecular weight excluding hydrogens is 302 g/mol. The fourth-order valence-electron chi connectivity index (χ4n) is 1.97. The van der Waals surface area contributed by atoms with E-state index in [1.54, 1.807) is 11.8 Å². The van der Waals surface area contributed by atoms with Crippen molar-refractivity contribution in [2.24, 2.45) is 0 Å². The average Bonchev–Trinajstić information content (AvgIpc) is 2.45. The molecule has 0 spiro atoms. The van der Waals surface area contributed by atoms with Gasteiger partial charge in [-0.15, -0.1) is 0 Å². The van der Waals surface area contributed by atoms with Crippen LogP contribution in [0.2, 0.25) is 0 Å². The first kappa shape index (κ1) is 18.4. The van der Waals surface area contributed by atoms with E-state index in [-0.39, 0.29) is 18.9 Å². The predicted octanol–water partition coefficient (Wildman–Crippen LogP) is 2.39. The summed E-state index contributed by atoms with van der Waals surface area (Å²) in [4.78, 5) is 22.8. The highest BCUT2D eigenvalue weighted by Gasteiger charge is 2.19. The molecule has 0 aliphatic rings. The Hall–Kier alpha value is -1.69. The van der Waals surface area contributed by atoms with Gasteiger partial charge in [0.15, 0.2) is 0 Å². The third-order valence-electron chi connectivity index (χ3n) is 3.16. The van der Waals surface area contributed by atoms with Crippen LogP contribution in [0.4, 0.5) is 0 Å². The molecule has 0 saturated carbocycles. The van der Waals surface area contributed by atoms with Crippen LogP contribution < -0.4 is 10.1 Å². The number of carbonyl (C=O) groups excluding carboxylic acids is 1. The van der Waals surface area contributed by atoms with Crippen LogP contribution in [0.3, 0.4) is 0 Å². The van der Waals surface area contributed by atoms with Crippen molar-refractivity contribution < 1.29 is 19.4 Å². The van der Waals surface area contributed by atoms with E-state index >= 15 is 0 Å². The molecule has 0 aliphatic heterocycles. The quantitative estimate of drug-likeness (QED) is 0.729. The van der Waals surface area contributed by atoms with Crippen LogP contribution in [0, 0.1) is 13.8 Å². The van der Waals surface area contributed by atoms with Gasteiger partial charge in [-0.2, -0.15) is 11.8 Å². The summed E-state index contributed by atoms with van der Waals surface area (Å²) in [5, 5.41) is 11.6. The van der Waals surface area contributed by atoms with Crippen molar-refractivity contribution in [3.05, 3.63) is 29.3 Å². The van der Waals surface area contributed by atoms with E-state index in [2.05, 4.69) is 5.32 Å². The maximum Gasteiger partial charge on any atom is 0.326 e. The first-order valence-corrected chi connectivity index (χ1v) is 8.54. The molecule has 0 aromatic heterocycles. The topological polar surface area (TPSA) is 75.6 Å². The van der Waals surface area contributed by atoms with Crippen molar-refractivity contribution in [3.8, 4) is 5.75 Å². The summed E-state index contributed by atoms with van der Waals surface area (Å²) in [7, 11) is 0. The lowest BCUT2D eigenvalue weighted by Crippen LogP contribution is -2.41. The Labute approximate surface area is 135 Å². The van der Waals surface area contributed by atoms with Gasteiger partial charge in [0.2, 0.25) is 5.91 Å². The molecule has 0 aliphatic carbocycles. The molecule has 122 valence electrons. The third-order valence-corrected chi connectivity index (χ3v) is 3.81. The number of carboxylic acid groups (broad SMARTS) is 1. The second-order valence-electron chi connectivity index (χ2n) is 5.11. The van der Waals surface area contributed by atoms with Crippen LogP contribution in [0.1, 0.15) is 24.0 Å². The number of amides is 1. The van der Waals surface area contributed by atoms with Gasteiger partial charge in [-0.1, -0.05) is 17.7 Å². The summed E-state index contributed by atoms with van der Waals surface area (Å²) in [5.41, 5.74) is 2.17. The Morgan fingerprint density at radius 2 is 2.09 bits per heavy atom. The van der Waals surface area contributed by atoms with Crippen LogP contribution in [0.15, 0.2) is 18.2 Å². The van der Waals surface area contributed by atoms with Gasteiger partial charge in [-0.25, -0.2) is 4.79 Å². The maximum absolute atomic E-state index is 11.8. The van der Waals surface area contributed by atoms with Gasteiger partial charge in [0.1, 0.15) is 11.8 Å². The van der Waals surface area contributed by atoms with Gasteiger partial charge in [-0.3, -0.25) is 4.79 Å². The van der Waals surface area contributed by atoms with Crippen LogP contribution in [0.25, 0.3) is 0 Å². The summed E-state index contributed by atoms with van der Waals surface area (Å²) in [5.74, 6) is 0.127. The Bertz CT molecular complexity index is 519. The molecule has 1 aromatic carbocycles. The Morgan fingerprint density at radius 1 is 1.36 bits per heavy atom. The smallest absolute Gasteiger partial charge is 0.326 e. The number of hydrogen-bond donors (Lipinski definition) is 2.